The number of carbonyl (C=O) groups is 1. The number of nitrogens with zero attached hydrogens (tertiary/aromatic N) is 1. The zero-order valence-electron chi connectivity index (χ0n) is 12.0. The van der Waals surface area contributed by atoms with Gasteiger partial charge in [-0.3, -0.25) is 9.89 Å². The van der Waals surface area contributed by atoms with Gasteiger partial charge in [0.2, 0.25) is 0 Å². The molecule has 0 aliphatic carbocycles. The van der Waals surface area contributed by atoms with Crippen LogP contribution in [-0.4, -0.2) is 22.7 Å². The third kappa shape index (κ3) is 3.60. The number of carbonyl (C=O) groups excluding carboxylic acids is 1. The van der Waals surface area contributed by atoms with Crippen molar-refractivity contribution in [3.63, 3.8) is 0 Å². The van der Waals surface area contributed by atoms with Crippen LogP contribution in [0.5, 0.6) is 5.75 Å². The third-order valence-electron chi connectivity index (χ3n) is 2.98. The summed E-state index contributed by atoms with van der Waals surface area (Å²) in [5.41, 5.74) is 3.10. The maximum absolute atomic E-state index is 11.8. The smallest absolute Gasteiger partial charge is 0.263 e. The summed E-state index contributed by atoms with van der Waals surface area (Å²) in [5, 5.41) is 9.54. The normalized spacial score (nSPS) is 10.3. The number of aromatic nitrogens is 2. The number of aryl methyl sites for hydroxylation is 3. The van der Waals surface area contributed by atoms with Crippen LogP contribution >= 0.6 is 0 Å². The molecule has 0 saturated heterocycles. The van der Waals surface area contributed by atoms with Gasteiger partial charge in [0.25, 0.3) is 5.91 Å². The number of anilines is 1. The number of aromatic amines is 1. The quantitative estimate of drug-likeness (QED) is 0.880. The first-order chi connectivity index (χ1) is 9.58. The SMILES string of the molecule is CCc1cc(NC(=O)COc2cc(C)ccc2C)n[nH]1. The van der Waals surface area contributed by atoms with Gasteiger partial charge in [-0.1, -0.05) is 19.1 Å². The molecule has 2 aromatic rings. The van der Waals surface area contributed by atoms with Crippen molar-refractivity contribution in [2.24, 2.45) is 0 Å². The van der Waals surface area contributed by atoms with E-state index in [2.05, 4.69) is 15.5 Å². The highest BCUT2D eigenvalue weighted by Crippen LogP contribution is 2.19. The fraction of sp³-hybridized carbons (Fsp3) is 0.333. The van der Waals surface area contributed by atoms with Crippen molar-refractivity contribution in [3.05, 3.63) is 41.1 Å². The van der Waals surface area contributed by atoms with Crippen LogP contribution in [0.15, 0.2) is 24.3 Å². The monoisotopic (exact) mass is 273 g/mol. The van der Waals surface area contributed by atoms with Crippen molar-refractivity contribution in [1.82, 2.24) is 10.2 Å². The van der Waals surface area contributed by atoms with E-state index in [1.165, 1.54) is 0 Å². The van der Waals surface area contributed by atoms with Crippen molar-refractivity contribution in [3.8, 4) is 5.75 Å². The predicted octanol–water partition coefficient (Wildman–Crippen LogP) is 2.61. The van der Waals surface area contributed by atoms with Gasteiger partial charge in [0, 0.05) is 11.8 Å². The standard InChI is InChI=1S/C15H19N3O2/c1-4-12-8-14(18-17-12)16-15(19)9-20-13-7-10(2)5-6-11(13)3/h5-8H,4,9H2,1-3H3,(H2,16,17,18,19). The predicted molar refractivity (Wildman–Crippen MR) is 78.0 cm³/mol. The summed E-state index contributed by atoms with van der Waals surface area (Å²) < 4.78 is 5.53. The van der Waals surface area contributed by atoms with Gasteiger partial charge in [-0.2, -0.15) is 5.10 Å². The fourth-order valence-corrected chi connectivity index (χ4v) is 1.79. The molecule has 106 valence electrons. The minimum absolute atomic E-state index is 0.0292. The molecule has 0 bridgehead atoms. The molecule has 2 N–H and O–H groups in total. The van der Waals surface area contributed by atoms with Crippen LogP contribution in [0.2, 0.25) is 0 Å². The highest BCUT2D eigenvalue weighted by molar-refractivity contribution is 5.91. The molecule has 5 nitrogen and oxygen atoms in total. The molecule has 0 saturated carbocycles. The molecule has 2 rings (SSSR count). The first-order valence-electron chi connectivity index (χ1n) is 6.62. The molecule has 1 aromatic carbocycles. The van der Waals surface area contributed by atoms with Crippen molar-refractivity contribution < 1.29 is 9.53 Å². The first-order valence-corrected chi connectivity index (χ1v) is 6.62. The first kappa shape index (κ1) is 14.1. The van der Waals surface area contributed by atoms with Crippen LogP contribution in [0.1, 0.15) is 23.7 Å². The second-order valence-electron chi connectivity index (χ2n) is 4.74. The molecule has 0 radical (unpaired) electrons. The number of nitrogens with one attached hydrogen (secondary N) is 2. The molecule has 1 heterocycles. The van der Waals surface area contributed by atoms with Crippen LogP contribution in [0.25, 0.3) is 0 Å². The fourth-order valence-electron chi connectivity index (χ4n) is 1.79. The molecule has 0 spiro atoms. The highest BCUT2D eigenvalue weighted by Gasteiger charge is 2.07. The van der Waals surface area contributed by atoms with Gasteiger partial charge in [0.15, 0.2) is 12.4 Å². The summed E-state index contributed by atoms with van der Waals surface area (Å²) in [6, 6.07) is 7.73. The van der Waals surface area contributed by atoms with Gasteiger partial charge in [0.1, 0.15) is 5.75 Å². The molecule has 20 heavy (non-hydrogen) atoms. The Kier molecular flexibility index (Phi) is 4.40. The van der Waals surface area contributed by atoms with Gasteiger partial charge < -0.3 is 10.1 Å². The molecule has 0 unspecified atom stereocenters. The molecule has 0 aliphatic rings. The summed E-state index contributed by atoms with van der Waals surface area (Å²) in [5.74, 6) is 1.04. The zero-order chi connectivity index (χ0) is 14.5. The Hall–Kier alpha value is -2.30. The van der Waals surface area contributed by atoms with Gasteiger partial charge in [-0.25, -0.2) is 0 Å². The largest absolute Gasteiger partial charge is 0.483 e. The molecular formula is C15H19N3O2. The number of H-pyrrole nitrogens is 1. The average Bonchev–Trinajstić information content (AvgIpc) is 2.87. The van der Waals surface area contributed by atoms with Crippen molar-refractivity contribution >= 4 is 11.7 Å². The summed E-state index contributed by atoms with van der Waals surface area (Å²) in [4.78, 5) is 11.8. The van der Waals surface area contributed by atoms with Crippen LogP contribution in [0.3, 0.4) is 0 Å². The van der Waals surface area contributed by atoms with Crippen LogP contribution < -0.4 is 10.1 Å². The van der Waals surface area contributed by atoms with Crippen LogP contribution in [0, 0.1) is 13.8 Å². The van der Waals surface area contributed by atoms with Gasteiger partial charge >= 0.3 is 0 Å². The van der Waals surface area contributed by atoms with E-state index in [4.69, 9.17) is 4.74 Å². The summed E-state index contributed by atoms with van der Waals surface area (Å²) in [6.07, 6.45) is 0.849. The molecule has 1 amide bonds. The Morgan fingerprint density at radius 1 is 1.35 bits per heavy atom. The minimum atomic E-state index is -0.222. The van der Waals surface area contributed by atoms with E-state index < -0.39 is 0 Å². The minimum Gasteiger partial charge on any atom is -0.483 e. The second kappa shape index (κ2) is 6.23. The average molecular weight is 273 g/mol. The lowest BCUT2D eigenvalue weighted by molar-refractivity contribution is -0.118. The maximum atomic E-state index is 11.8. The van der Waals surface area contributed by atoms with Crippen LogP contribution in [0.4, 0.5) is 5.82 Å². The van der Waals surface area contributed by atoms with E-state index in [0.29, 0.717) is 5.82 Å². The molecule has 0 atom stereocenters. The number of hydrogen-bond acceptors (Lipinski definition) is 3. The van der Waals surface area contributed by atoms with E-state index in [-0.39, 0.29) is 12.5 Å². The third-order valence-corrected chi connectivity index (χ3v) is 2.98. The molecular weight excluding hydrogens is 254 g/mol. The summed E-state index contributed by atoms with van der Waals surface area (Å²) >= 11 is 0. The van der Waals surface area contributed by atoms with E-state index >= 15 is 0 Å². The molecule has 1 aromatic heterocycles. The lowest BCUT2D eigenvalue weighted by Crippen LogP contribution is -2.20. The lowest BCUT2D eigenvalue weighted by Gasteiger charge is -2.09. The van der Waals surface area contributed by atoms with Gasteiger partial charge in [0.05, 0.1) is 0 Å². The van der Waals surface area contributed by atoms with E-state index in [1.54, 1.807) is 0 Å². The topological polar surface area (TPSA) is 67.0 Å². The highest BCUT2D eigenvalue weighted by atomic mass is 16.5. The van der Waals surface area contributed by atoms with Gasteiger partial charge in [-0.05, 0) is 37.5 Å². The molecule has 5 heteroatoms. The number of benzene rings is 1. The van der Waals surface area contributed by atoms with Gasteiger partial charge in [-0.15, -0.1) is 0 Å². The summed E-state index contributed by atoms with van der Waals surface area (Å²) in [6.45, 7) is 5.93. The summed E-state index contributed by atoms with van der Waals surface area (Å²) in [7, 11) is 0. The van der Waals surface area contributed by atoms with Crippen molar-refractivity contribution in [2.45, 2.75) is 27.2 Å². The second-order valence-corrected chi connectivity index (χ2v) is 4.74. The van der Waals surface area contributed by atoms with E-state index in [9.17, 15) is 4.79 Å². The van der Waals surface area contributed by atoms with E-state index in [1.807, 2.05) is 45.0 Å². The molecule has 0 aliphatic heterocycles. The Morgan fingerprint density at radius 3 is 2.85 bits per heavy atom. The number of rotatable bonds is 5. The lowest BCUT2D eigenvalue weighted by atomic mass is 10.1. The Labute approximate surface area is 118 Å². The Morgan fingerprint density at radius 2 is 2.15 bits per heavy atom. The number of amides is 1. The van der Waals surface area contributed by atoms with Crippen LogP contribution in [-0.2, 0) is 11.2 Å². The van der Waals surface area contributed by atoms with Crippen molar-refractivity contribution in [1.29, 1.82) is 0 Å². The Balaban J connectivity index is 1.90. The van der Waals surface area contributed by atoms with E-state index in [0.717, 1.165) is 29.0 Å². The molecule has 0 fully saturated rings. The van der Waals surface area contributed by atoms with Crippen molar-refractivity contribution in [2.75, 3.05) is 11.9 Å². The zero-order valence-corrected chi connectivity index (χ0v) is 12.0. The maximum Gasteiger partial charge on any atom is 0.263 e. The Bertz CT molecular complexity index is 605. The number of ether oxygens (including phenoxy) is 1. The number of hydrogen-bond donors (Lipinski definition) is 2.